The minimum Gasteiger partial charge on any atom is -0.325 e. The second kappa shape index (κ2) is 6.11. The Morgan fingerprint density at radius 2 is 2.26 bits per heavy atom. The van der Waals surface area contributed by atoms with Crippen LogP contribution in [0.2, 0.25) is 0 Å². The third-order valence-corrected chi connectivity index (χ3v) is 5.49. The molecule has 0 aromatic carbocycles. The number of aromatic nitrogens is 4. The minimum absolute atomic E-state index is 0.0208. The zero-order chi connectivity index (χ0) is 18.5. The van der Waals surface area contributed by atoms with Crippen LogP contribution in [0, 0.1) is 5.92 Å². The van der Waals surface area contributed by atoms with Crippen molar-refractivity contribution in [1.82, 2.24) is 24.6 Å². The maximum Gasteiger partial charge on any atom is 0.343 e. The molecule has 27 heavy (non-hydrogen) atoms. The number of carbonyl (C=O) groups excluding carboxylic acids is 1. The fraction of sp³-hybridized carbons (Fsp3) is 0.500. The normalized spacial score (nSPS) is 28.8. The number of anilines is 2. The quantitative estimate of drug-likeness (QED) is 0.823. The van der Waals surface area contributed by atoms with Gasteiger partial charge in [0.05, 0.1) is 42.2 Å². The van der Waals surface area contributed by atoms with E-state index >= 15 is 0 Å². The lowest BCUT2D eigenvalue weighted by atomic mass is 10.2. The van der Waals surface area contributed by atoms with Crippen molar-refractivity contribution in [3.63, 3.8) is 0 Å². The summed E-state index contributed by atoms with van der Waals surface area (Å²) in [5.74, 6) is 0.850. The summed E-state index contributed by atoms with van der Waals surface area (Å²) in [5, 5.41) is 7.27. The summed E-state index contributed by atoms with van der Waals surface area (Å²) >= 11 is 0. The summed E-state index contributed by atoms with van der Waals surface area (Å²) in [4.78, 5) is 23.3. The van der Waals surface area contributed by atoms with Crippen LogP contribution in [-0.2, 0) is 11.8 Å². The van der Waals surface area contributed by atoms with Gasteiger partial charge in [-0.3, -0.25) is 14.8 Å². The van der Waals surface area contributed by atoms with Crippen molar-refractivity contribution in [1.29, 1.82) is 0 Å². The Bertz CT molecular complexity index is 926. The zero-order valence-corrected chi connectivity index (χ0v) is 15.0. The summed E-state index contributed by atoms with van der Waals surface area (Å²) in [5.41, 5.74) is 0.819. The van der Waals surface area contributed by atoms with Crippen molar-refractivity contribution in [2.75, 3.05) is 11.9 Å². The van der Waals surface area contributed by atoms with Gasteiger partial charge >= 0.3 is 11.8 Å². The van der Waals surface area contributed by atoms with Gasteiger partial charge in [0.2, 0.25) is 5.91 Å². The fourth-order valence-electron chi connectivity index (χ4n) is 4.04. The number of halogens is 1. The lowest BCUT2D eigenvalue weighted by Gasteiger charge is -2.32. The second-order valence-electron chi connectivity index (χ2n) is 7.47. The number of carbonyl (C=O) groups is 1. The monoisotopic (exact) mass is 370 g/mol. The average molecular weight is 370 g/mol. The maximum absolute atomic E-state index is 13.3. The van der Waals surface area contributed by atoms with Gasteiger partial charge in [-0.15, -0.1) is 0 Å². The largest absolute Gasteiger partial charge is 0.343 e. The van der Waals surface area contributed by atoms with Crippen molar-refractivity contribution in [2.45, 2.75) is 37.5 Å². The number of hydrogen-bond donors (Lipinski definition) is 1. The van der Waals surface area contributed by atoms with Gasteiger partial charge < -0.3 is 4.90 Å². The first-order chi connectivity index (χ1) is 13.1. The molecule has 2 fully saturated rings. The van der Waals surface area contributed by atoms with E-state index < -0.39 is 12.1 Å². The van der Waals surface area contributed by atoms with Gasteiger partial charge in [-0.2, -0.15) is 10.1 Å². The van der Waals surface area contributed by atoms with Crippen molar-refractivity contribution in [2.24, 2.45) is 13.0 Å². The first-order valence-corrected chi connectivity index (χ1v) is 9.25. The van der Waals surface area contributed by atoms with Crippen LogP contribution in [0.4, 0.5) is 21.8 Å². The molecule has 1 amide bonds. The molecule has 0 spiro atoms. The van der Waals surface area contributed by atoms with Crippen LogP contribution in [-0.4, -0.2) is 66.1 Å². The molecule has 1 aliphatic carbocycles. The van der Waals surface area contributed by atoms with Crippen LogP contribution in [0.5, 0.6) is 0 Å². The van der Waals surface area contributed by atoms with Gasteiger partial charge in [0.25, 0.3) is 0 Å². The predicted octanol–water partition coefficient (Wildman–Crippen LogP) is 1.40. The van der Waals surface area contributed by atoms with Gasteiger partial charge in [0.15, 0.2) is 0 Å². The molecule has 140 valence electrons. The van der Waals surface area contributed by atoms with Crippen LogP contribution in [0.15, 0.2) is 24.7 Å². The number of aryl methyl sites for hydroxylation is 1. The van der Waals surface area contributed by atoms with E-state index in [0.717, 1.165) is 24.3 Å². The Kier molecular flexibility index (Phi) is 3.70. The second-order valence-corrected chi connectivity index (χ2v) is 7.47. The molecule has 2 bridgehead atoms. The number of fused-ring (bicyclic) bond motifs is 2. The molecule has 0 unspecified atom stereocenters. The molecule has 2 aromatic heterocycles. The molecule has 2 aromatic rings. The first-order valence-electron chi connectivity index (χ1n) is 9.25. The van der Waals surface area contributed by atoms with E-state index in [1.807, 2.05) is 30.4 Å². The molecule has 0 radical (unpaired) electrons. The summed E-state index contributed by atoms with van der Waals surface area (Å²) in [7, 11) is 1.85. The Labute approximate surface area is 155 Å². The first kappa shape index (κ1) is 16.3. The topological polar surface area (TPSA) is 79.0 Å². The highest BCUT2D eigenvalue weighted by Gasteiger charge is 2.51. The van der Waals surface area contributed by atoms with E-state index in [2.05, 4.69) is 25.0 Å². The van der Waals surface area contributed by atoms with Crippen molar-refractivity contribution < 1.29 is 13.8 Å². The predicted molar refractivity (Wildman–Crippen MR) is 96.0 cm³/mol. The molecule has 9 heteroatoms. The van der Waals surface area contributed by atoms with Crippen LogP contribution in [0.25, 0.3) is 0 Å². The Morgan fingerprint density at radius 3 is 2.96 bits per heavy atom. The van der Waals surface area contributed by atoms with Crippen LogP contribution < -0.4 is 5.32 Å². The Morgan fingerprint density at radius 1 is 1.41 bits per heavy atom. The highest BCUT2D eigenvalue weighted by atomic mass is 19.1. The van der Waals surface area contributed by atoms with Crippen molar-refractivity contribution in [3.8, 4) is 0 Å². The van der Waals surface area contributed by atoms with Gasteiger partial charge in [-0.05, 0) is 24.2 Å². The molecule has 1 N–H and O–H groups in total. The van der Waals surface area contributed by atoms with Crippen molar-refractivity contribution >= 4 is 29.6 Å². The van der Waals surface area contributed by atoms with Gasteiger partial charge in [-0.1, -0.05) is 0 Å². The minimum atomic E-state index is -0.946. The van der Waals surface area contributed by atoms with Gasteiger partial charge in [0, 0.05) is 19.4 Å². The molecule has 4 heterocycles. The third kappa shape index (κ3) is 2.96. The highest BCUT2D eigenvalue weighted by molar-refractivity contribution is 5.86. The molecule has 1 saturated carbocycles. The average Bonchev–Trinajstić information content (AvgIpc) is 3.16. The number of alkyl halides is 1. The maximum atomic E-state index is 13.3. The number of nitrogens with one attached hydrogen (secondary N) is 1. The standard InChI is InChI=1S/C18H21FN7O/c1-24-8-11(7-21-24)22-18-20-5-4-16(23-18)25-9-12-2-3-13(10-25)26(12)17(27)14-6-15(14)19/h4-5,7-9,12-15H,2-3,6,10H2,1H3,(H,20,22,23)/q+1/t12-,13+,14-,15-/m0/s1. The van der Waals surface area contributed by atoms with E-state index in [9.17, 15) is 9.18 Å². The lowest BCUT2D eigenvalue weighted by Crippen LogP contribution is -2.50. The third-order valence-electron chi connectivity index (χ3n) is 5.49. The molecular formula is C18H21FN7O+. The molecule has 3 aliphatic rings. The fourth-order valence-corrected chi connectivity index (χ4v) is 4.04. The Hall–Kier alpha value is -2.84. The molecule has 5 rings (SSSR count). The van der Waals surface area contributed by atoms with Crippen LogP contribution in [0.3, 0.4) is 0 Å². The summed E-state index contributed by atoms with van der Waals surface area (Å²) in [6.07, 6.45) is 8.62. The van der Waals surface area contributed by atoms with Gasteiger partial charge in [-0.25, -0.2) is 8.97 Å². The molecule has 8 nitrogen and oxygen atoms in total. The number of rotatable bonds is 4. The number of hydrogen-bond acceptors (Lipinski definition) is 5. The molecule has 4 atom stereocenters. The molecule has 2 aliphatic heterocycles. The van der Waals surface area contributed by atoms with E-state index in [4.69, 9.17) is 0 Å². The number of nitrogens with zero attached hydrogens (tertiary/aromatic N) is 6. The van der Waals surface area contributed by atoms with E-state index in [1.165, 1.54) is 0 Å². The molecular weight excluding hydrogens is 349 g/mol. The van der Waals surface area contributed by atoms with E-state index in [-0.39, 0.29) is 18.0 Å². The smallest absolute Gasteiger partial charge is 0.325 e. The zero-order valence-electron chi connectivity index (χ0n) is 15.0. The number of amides is 1. The summed E-state index contributed by atoms with van der Waals surface area (Å²) in [6.45, 7) is 0.676. The van der Waals surface area contributed by atoms with Gasteiger partial charge in [0.1, 0.15) is 12.7 Å². The molecule has 1 saturated heterocycles. The SMILES string of the molecule is Cn1cc(Nc2nccc([N+]3=C[C@@H]4CC[C@H](C3)N4C(=O)[C@H]3C[C@@H]3F)n2)cn1. The van der Waals surface area contributed by atoms with Crippen LogP contribution >= 0.6 is 0 Å². The lowest BCUT2D eigenvalue weighted by molar-refractivity contribution is -0.454. The van der Waals surface area contributed by atoms with Crippen molar-refractivity contribution in [3.05, 3.63) is 24.7 Å². The van der Waals surface area contributed by atoms with E-state index in [1.54, 1.807) is 17.1 Å². The highest BCUT2D eigenvalue weighted by Crippen LogP contribution is 2.39. The van der Waals surface area contributed by atoms with Crippen LogP contribution in [0.1, 0.15) is 19.3 Å². The summed E-state index contributed by atoms with van der Waals surface area (Å²) in [6, 6.07) is 2.00. The summed E-state index contributed by atoms with van der Waals surface area (Å²) < 4.78 is 17.1. The Balaban J connectivity index is 1.36. The van der Waals surface area contributed by atoms with E-state index in [0.29, 0.717) is 18.9 Å².